The number of carbonyl (C=O) groups excluding carboxylic acids is 2. The van der Waals surface area contributed by atoms with Crippen LogP contribution in [0.15, 0.2) is 36.4 Å². The molecule has 0 N–H and O–H groups in total. The number of carbonyl (C=O) groups is 2. The summed E-state index contributed by atoms with van der Waals surface area (Å²) in [5, 5.41) is -0.0976. The van der Waals surface area contributed by atoms with Crippen LogP contribution in [-0.2, 0) is 15.8 Å². The van der Waals surface area contributed by atoms with E-state index in [0.29, 0.717) is 11.8 Å². The lowest BCUT2D eigenvalue weighted by molar-refractivity contribution is -0.137. The van der Waals surface area contributed by atoms with Gasteiger partial charge in [-0.1, -0.05) is 17.7 Å². The third kappa shape index (κ3) is 5.10. The smallest absolute Gasteiger partial charge is 0.417 e. The van der Waals surface area contributed by atoms with Gasteiger partial charge in [0.2, 0.25) is 0 Å². The van der Waals surface area contributed by atoms with E-state index in [2.05, 4.69) is 0 Å². The summed E-state index contributed by atoms with van der Waals surface area (Å²) in [7, 11) is 1.34. The topological polar surface area (TPSA) is 52.6 Å². The van der Waals surface area contributed by atoms with Crippen LogP contribution in [0.25, 0.3) is 11.6 Å². The van der Waals surface area contributed by atoms with Crippen molar-refractivity contribution in [1.29, 1.82) is 0 Å². The highest BCUT2D eigenvalue weighted by atomic mass is 35.5. The first-order valence-corrected chi connectivity index (χ1v) is 7.94. The molecule has 4 nitrogen and oxygen atoms in total. The second-order valence-electron chi connectivity index (χ2n) is 5.40. The maximum atomic E-state index is 13.3. The van der Waals surface area contributed by atoms with Gasteiger partial charge in [0.05, 0.1) is 12.7 Å². The Kier molecular flexibility index (Phi) is 6.28. The zero-order chi connectivity index (χ0) is 20.2. The third-order valence-corrected chi connectivity index (χ3v) is 3.74. The van der Waals surface area contributed by atoms with Crippen LogP contribution in [0.3, 0.4) is 0 Å². The van der Waals surface area contributed by atoms with E-state index in [1.807, 2.05) is 0 Å². The first-order chi connectivity index (χ1) is 12.7. The number of benzene rings is 2. The Labute approximate surface area is 158 Å². The van der Waals surface area contributed by atoms with Gasteiger partial charge >= 0.3 is 12.1 Å². The van der Waals surface area contributed by atoms with E-state index >= 15 is 0 Å². The first kappa shape index (κ1) is 20.5. The van der Waals surface area contributed by atoms with Gasteiger partial charge in [0.25, 0.3) is 0 Å². The van der Waals surface area contributed by atoms with Gasteiger partial charge in [0.1, 0.15) is 11.5 Å². The van der Waals surface area contributed by atoms with Crippen LogP contribution in [0.5, 0.6) is 11.5 Å². The number of alkyl halides is 3. The van der Waals surface area contributed by atoms with Crippen molar-refractivity contribution in [2.75, 3.05) is 7.11 Å². The van der Waals surface area contributed by atoms with Crippen LogP contribution in [0.4, 0.5) is 13.2 Å². The first-order valence-electron chi connectivity index (χ1n) is 7.56. The van der Waals surface area contributed by atoms with Crippen LogP contribution < -0.4 is 9.47 Å². The number of hydrogen-bond acceptors (Lipinski definition) is 4. The Hall–Kier alpha value is -2.80. The summed E-state index contributed by atoms with van der Waals surface area (Å²) in [4.78, 5) is 22.5. The van der Waals surface area contributed by atoms with E-state index in [4.69, 9.17) is 21.1 Å². The zero-order valence-electron chi connectivity index (χ0n) is 14.3. The van der Waals surface area contributed by atoms with Crippen molar-refractivity contribution < 1.29 is 32.2 Å². The predicted octanol–water partition coefficient (Wildman–Crippen LogP) is 5.03. The fourth-order valence-corrected chi connectivity index (χ4v) is 2.56. The van der Waals surface area contributed by atoms with Gasteiger partial charge < -0.3 is 9.47 Å². The summed E-state index contributed by atoms with van der Waals surface area (Å²) in [5.41, 5.74) is -1.21. The molecule has 0 fully saturated rings. The summed E-state index contributed by atoms with van der Waals surface area (Å²) >= 11 is 5.67. The summed E-state index contributed by atoms with van der Waals surface area (Å²) in [6.07, 6.45) is -3.12. The van der Waals surface area contributed by atoms with Crippen molar-refractivity contribution in [2.24, 2.45) is 0 Å². The van der Waals surface area contributed by atoms with Gasteiger partial charge in [-0.25, -0.2) is 0 Å². The molecule has 0 amide bonds. The molecule has 0 unspecified atom stereocenters. The highest BCUT2D eigenvalue weighted by Gasteiger charge is 2.34. The van der Waals surface area contributed by atoms with E-state index in [1.54, 1.807) is 0 Å². The fourth-order valence-electron chi connectivity index (χ4n) is 2.39. The Bertz CT molecular complexity index is 904. The van der Waals surface area contributed by atoms with Gasteiger partial charge in [0, 0.05) is 29.1 Å². The lowest BCUT2D eigenvalue weighted by Crippen LogP contribution is -2.09. The van der Waals surface area contributed by atoms with Crippen LogP contribution in [0, 0.1) is 0 Å². The molecule has 2 aromatic rings. The number of allylic oxidation sites excluding steroid dienone is 1. The molecule has 0 bridgehead atoms. The number of aldehydes is 1. The maximum Gasteiger partial charge on any atom is 0.417 e. The molecule has 0 aliphatic heterocycles. The molecule has 8 heteroatoms. The molecule has 0 aliphatic carbocycles. The fraction of sp³-hybridized carbons (Fsp3) is 0.158. The lowest BCUT2D eigenvalue weighted by Gasteiger charge is -2.14. The van der Waals surface area contributed by atoms with E-state index in [1.165, 1.54) is 44.4 Å². The van der Waals surface area contributed by atoms with E-state index < -0.39 is 17.7 Å². The number of ether oxygens (including phenoxy) is 2. The molecule has 0 spiro atoms. The monoisotopic (exact) mass is 398 g/mol. The third-order valence-electron chi connectivity index (χ3n) is 3.50. The van der Waals surface area contributed by atoms with Crippen molar-refractivity contribution >= 4 is 35.5 Å². The molecular formula is C19H14ClF3O4. The summed E-state index contributed by atoms with van der Waals surface area (Å²) in [6, 6.07) is 7.45. The Morgan fingerprint density at radius 2 is 1.85 bits per heavy atom. The van der Waals surface area contributed by atoms with Crippen LogP contribution in [0.1, 0.15) is 23.6 Å². The summed E-state index contributed by atoms with van der Waals surface area (Å²) in [6.45, 7) is 1.23. The SMILES string of the molecule is COc1cc(OC(C)=O)ccc1/C=C(\C=O)c1ccc(Cl)cc1C(F)(F)F. The molecule has 0 aromatic heterocycles. The highest BCUT2D eigenvalue weighted by Crippen LogP contribution is 2.37. The second kappa shape index (κ2) is 8.26. The molecule has 0 atom stereocenters. The predicted molar refractivity (Wildman–Crippen MR) is 94.7 cm³/mol. The number of rotatable bonds is 5. The molecule has 0 aliphatic rings. The zero-order valence-corrected chi connectivity index (χ0v) is 15.0. The molecule has 27 heavy (non-hydrogen) atoms. The molecule has 2 aromatic carbocycles. The van der Waals surface area contributed by atoms with Gasteiger partial charge in [-0.15, -0.1) is 0 Å². The average molecular weight is 399 g/mol. The average Bonchev–Trinajstić information content (AvgIpc) is 2.59. The minimum atomic E-state index is -4.69. The molecule has 0 heterocycles. The summed E-state index contributed by atoms with van der Waals surface area (Å²) in [5.74, 6) is -0.118. The standard InChI is InChI=1S/C19H14ClF3O4/c1-11(25)27-15-5-3-12(18(9-15)26-2)7-13(10-24)16-6-4-14(20)8-17(16)19(21,22)23/h3-10H,1-2H3/b13-7+. The van der Waals surface area contributed by atoms with Gasteiger partial charge in [-0.3, -0.25) is 9.59 Å². The number of esters is 1. The molecule has 2 rings (SSSR count). The van der Waals surface area contributed by atoms with E-state index in [-0.39, 0.29) is 27.7 Å². The van der Waals surface area contributed by atoms with Gasteiger partial charge in [-0.2, -0.15) is 13.2 Å². The molecule has 0 saturated heterocycles. The summed E-state index contributed by atoms with van der Waals surface area (Å²) < 4.78 is 50.0. The molecule has 0 saturated carbocycles. The van der Waals surface area contributed by atoms with Crippen molar-refractivity contribution in [1.82, 2.24) is 0 Å². The molecule has 142 valence electrons. The minimum Gasteiger partial charge on any atom is -0.496 e. The van der Waals surface area contributed by atoms with Gasteiger partial charge in [0.15, 0.2) is 6.29 Å². The van der Waals surface area contributed by atoms with Crippen molar-refractivity contribution in [3.8, 4) is 11.5 Å². The molecular weight excluding hydrogens is 385 g/mol. The quantitative estimate of drug-likeness (QED) is 0.233. The lowest BCUT2D eigenvalue weighted by atomic mass is 9.98. The van der Waals surface area contributed by atoms with Crippen molar-refractivity contribution in [2.45, 2.75) is 13.1 Å². The highest BCUT2D eigenvalue weighted by molar-refractivity contribution is 6.30. The second-order valence-corrected chi connectivity index (χ2v) is 5.84. The Morgan fingerprint density at radius 3 is 2.41 bits per heavy atom. The minimum absolute atomic E-state index is 0.0976. The van der Waals surface area contributed by atoms with E-state index in [9.17, 15) is 22.8 Å². The Morgan fingerprint density at radius 1 is 1.15 bits per heavy atom. The number of hydrogen-bond donors (Lipinski definition) is 0. The number of halogens is 4. The normalized spacial score (nSPS) is 11.9. The van der Waals surface area contributed by atoms with Gasteiger partial charge in [-0.05, 0) is 35.9 Å². The van der Waals surface area contributed by atoms with Crippen LogP contribution in [-0.4, -0.2) is 19.4 Å². The van der Waals surface area contributed by atoms with Crippen LogP contribution in [0.2, 0.25) is 5.02 Å². The van der Waals surface area contributed by atoms with Crippen molar-refractivity contribution in [3.05, 3.63) is 58.1 Å². The Balaban J connectivity index is 2.57. The maximum absolute atomic E-state index is 13.3. The number of methoxy groups -OCH3 is 1. The van der Waals surface area contributed by atoms with E-state index in [0.717, 1.165) is 12.1 Å². The largest absolute Gasteiger partial charge is 0.496 e. The molecule has 0 radical (unpaired) electrons. The van der Waals surface area contributed by atoms with Crippen LogP contribution >= 0.6 is 11.6 Å². The van der Waals surface area contributed by atoms with Crippen molar-refractivity contribution in [3.63, 3.8) is 0 Å².